The molecule has 0 radical (unpaired) electrons. The van der Waals surface area contributed by atoms with Crippen molar-refractivity contribution in [2.24, 2.45) is 0 Å². The fraction of sp³-hybridized carbons (Fsp3) is 0.0526. The van der Waals surface area contributed by atoms with Crippen molar-refractivity contribution in [1.29, 1.82) is 0 Å². The highest BCUT2D eigenvalue weighted by Gasteiger charge is 2.13. The second-order valence-electron chi connectivity index (χ2n) is 5.52. The van der Waals surface area contributed by atoms with Gasteiger partial charge in [0.2, 0.25) is 0 Å². The Morgan fingerprint density at radius 3 is 2.76 bits per heavy atom. The van der Waals surface area contributed by atoms with E-state index in [4.69, 9.17) is 0 Å². The van der Waals surface area contributed by atoms with Gasteiger partial charge in [0.25, 0.3) is 5.91 Å². The number of carbonyl (C=O) groups excluding carboxylic acids is 1. The van der Waals surface area contributed by atoms with E-state index < -0.39 is 0 Å². The first kappa shape index (κ1) is 15.4. The van der Waals surface area contributed by atoms with Crippen LogP contribution in [0, 0.1) is 6.92 Å². The molecule has 1 amide bonds. The van der Waals surface area contributed by atoms with Gasteiger partial charge in [-0.15, -0.1) is 0 Å². The third-order valence-electron chi connectivity index (χ3n) is 3.90. The molecule has 3 aromatic heterocycles. The molecule has 0 bridgehead atoms. The van der Waals surface area contributed by atoms with Crippen LogP contribution < -0.4 is 5.32 Å². The summed E-state index contributed by atoms with van der Waals surface area (Å²) in [5.41, 5.74) is 4.13. The van der Waals surface area contributed by atoms with E-state index in [0.717, 1.165) is 32.2 Å². The van der Waals surface area contributed by atoms with Crippen molar-refractivity contribution >= 4 is 33.3 Å². The molecule has 0 spiro atoms. The van der Waals surface area contributed by atoms with Gasteiger partial charge in [-0.25, -0.2) is 9.97 Å². The largest absolute Gasteiger partial charge is 0.322 e. The maximum atomic E-state index is 12.4. The fourth-order valence-electron chi connectivity index (χ4n) is 2.58. The number of thiazole rings is 1. The van der Waals surface area contributed by atoms with Crippen molar-refractivity contribution in [2.75, 3.05) is 5.32 Å². The monoisotopic (exact) mass is 346 g/mol. The van der Waals surface area contributed by atoms with E-state index in [0.29, 0.717) is 5.56 Å². The first-order valence-corrected chi connectivity index (χ1v) is 8.57. The van der Waals surface area contributed by atoms with Gasteiger partial charge in [-0.3, -0.25) is 9.78 Å². The van der Waals surface area contributed by atoms with Crippen LogP contribution in [0.1, 0.15) is 15.9 Å². The molecule has 0 unspecified atom stereocenters. The number of fused-ring (bicyclic) bond motifs is 1. The summed E-state index contributed by atoms with van der Waals surface area (Å²) in [4.78, 5) is 26.3. The first-order valence-electron chi connectivity index (χ1n) is 7.75. The molecule has 0 aliphatic heterocycles. The normalized spacial score (nSPS) is 10.8. The molecule has 0 aliphatic rings. The maximum absolute atomic E-state index is 12.4. The molecule has 6 heteroatoms. The summed E-state index contributed by atoms with van der Waals surface area (Å²) in [5.74, 6) is -0.181. The van der Waals surface area contributed by atoms with Crippen molar-refractivity contribution in [2.45, 2.75) is 6.92 Å². The molecule has 4 rings (SSSR count). The number of nitrogens with zero attached hydrogens (tertiary/aromatic N) is 3. The Morgan fingerprint density at radius 2 is 1.96 bits per heavy atom. The number of rotatable bonds is 3. The molecule has 0 saturated carbocycles. The van der Waals surface area contributed by atoms with Gasteiger partial charge in [-0.1, -0.05) is 23.5 Å². The summed E-state index contributed by atoms with van der Waals surface area (Å²) in [6.45, 7) is 1.98. The molecule has 0 aliphatic carbocycles. The lowest BCUT2D eigenvalue weighted by atomic mass is 10.1. The minimum atomic E-state index is -0.181. The van der Waals surface area contributed by atoms with Gasteiger partial charge in [-0.2, -0.15) is 0 Å². The third kappa shape index (κ3) is 2.99. The van der Waals surface area contributed by atoms with Gasteiger partial charge in [0, 0.05) is 29.8 Å². The zero-order valence-corrected chi connectivity index (χ0v) is 14.2. The molecule has 0 atom stereocenters. The third-order valence-corrected chi connectivity index (χ3v) is 4.91. The summed E-state index contributed by atoms with van der Waals surface area (Å²) in [7, 11) is 0. The highest BCUT2D eigenvalue weighted by molar-refractivity contribution is 7.21. The molecule has 4 aromatic rings. The summed E-state index contributed by atoms with van der Waals surface area (Å²) in [6, 6.07) is 13.1. The van der Waals surface area contributed by atoms with Gasteiger partial charge in [0.15, 0.2) is 0 Å². The zero-order chi connectivity index (χ0) is 17.2. The molecule has 1 aromatic carbocycles. The minimum Gasteiger partial charge on any atom is -0.322 e. The predicted octanol–water partition coefficient (Wildman–Crippen LogP) is 4.31. The first-order chi connectivity index (χ1) is 12.2. The minimum absolute atomic E-state index is 0.181. The Labute approximate surface area is 148 Å². The standard InChI is InChI=1S/C19H14N4OS/c1-12-14(18-23-16-8-4-10-21-19(16)25-18)6-2-7-15(12)22-17(24)13-5-3-9-20-11-13/h2-11H,1H3,(H,22,24). The van der Waals surface area contributed by atoms with Crippen molar-refractivity contribution in [3.05, 3.63) is 72.2 Å². The number of carbonyl (C=O) groups is 1. The molecular weight excluding hydrogens is 332 g/mol. The van der Waals surface area contributed by atoms with Gasteiger partial charge < -0.3 is 5.32 Å². The lowest BCUT2D eigenvalue weighted by Crippen LogP contribution is -2.13. The summed E-state index contributed by atoms with van der Waals surface area (Å²) >= 11 is 1.54. The van der Waals surface area contributed by atoms with Crippen LogP contribution >= 0.6 is 11.3 Å². The van der Waals surface area contributed by atoms with Crippen LogP contribution in [0.3, 0.4) is 0 Å². The smallest absolute Gasteiger partial charge is 0.257 e. The number of hydrogen-bond acceptors (Lipinski definition) is 5. The van der Waals surface area contributed by atoms with Crippen LogP contribution in [0.25, 0.3) is 20.9 Å². The SMILES string of the molecule is Cc1c(NC(=O)c2cccnc2)cccc1-c1nc2cccnc2s1. The van der Waals surface area contributed by atoms with E-state index in [-0.39, 0.29) is 5.91 Å². The van der Waals surface area contributed by atoms with Crippen LogP contribution in [-0.4, -0.2) is 20.9 Å². The van der Waals surface area contributed by atoms with E-state index in [1.165, 1.54) is 0 Å². The molecule has 0 fully saturated rings. The average molecular weight is 346 g/mol. The van der Waals surface area contributed by atoms with Crippen molar-refractivity contribution < 1.29 is 4.79 Å². The van der Waals surface area contributed by atoms with Crippen molar-refractivity contribution in [3.63, 3.8) is 0 Å². The van der Waals surface area contributed by atoms with Gasteiger partial charge in [0.1, 0.15) is 15.4 Å². The molecule has 5 nitrogen and oxygen atoms in total. The number of nitrogens with one attached hydrogen (secondary N) is 1. The van der Waals surface area contributed by atoms with Crippen LogP contribution in [-0.2, 0) is 0 Å². The van der Waals surface area contributed by atoms with Crippen molar-refractivity contribution in [3.8, 4) is 10.6 Å². The highest BCUT2D eigenvalue weighted by Crippen LogP contribution is 2.33. The molecule has 25 heavy (non-hydrogen) atoms. The Hall–Kier alpha value is -3.12. The quantitative estimate of drug-likeness (QED) is 0.600. The number of benzene rings is 1. The Kier molecular flexibility index (Phi) is 3.95. The fourth-order valence-corrected chi connectivity index (χ4v) is 3.57. The van der Waals surface area contributed by atoms with Crippen LogP contribution in [0.2, 0.25) is 0 Å². The highest BCUT2D eigenvalue weighted by atomic mass is 32.1. The van der Waals surface area contributed by atoms with E-state index in [1.807, 2.05) is 37.3 Å². The Morgan fingerprint density at radius 1 is 1.08 bits per heavy atom. The van der Waals surface area contributed by atoms with Gasteiger partial charge in [-0.05, 0) is 42.8 Å². The molecule has 3 heterocycles. The number of amides is 1. The maximum Gasteiger partial charge on any atom is 0.257 e. The zero-order valence-electron chi connectivity index (χ0n) is 13.4. The van der Waals surface area contributed by atoms with E-state index >= 15 is 0 Å². The number of hydrogen-bond donors (Lipinski definition) is 1. The summed E-state index contributed by atoms with van der Waals surface area (Å²) < 4.78 is 0. The second kappa shape index (κ2) is 6.41. The number of aromatic nitrogens is 3. The number of anilines is 1. The van der Waals surface area contributed by atoms with E-state index in [2.05, 4.69) is 20.3 Å². The van der Waals surface area contributed by atoms with Crippen LogP contribution in [0.15, 0.2) is 61.1 Å². The lowest BCUT2D eigenvalue weighted by Gasteiger charge is -2.11. The predicted molar refractivity (Wildman–Crippen MR) is 99.8 cm³/mol. The van der Waals surface area contributed by atoms with E-state index in [1.54, 1.807) is 42.1 Å². The summed E-state index contributed by atoms with van der Waals surface area (Å²) in [6.07, 6.45) is 4.96. The average Bonchev–Trinajstić information content (AvgIpc) is 3.08. The topological polar surface area (TPSA) is 67.8 Å². The van der Waals surface area contributed by atoms with Crippen molar-refractivity contribution in [1.82, 2.24) is 15.0 Å². The molecule has 122 valence electrons. The Bertz CT molecular complexity index is 1030. The molecule has 1 N–H and O–H groups in total. The van der Waals surface area contributed by atoms with Gasteiger partial charge in [0.05, 0.1) is 5.56 Å². The molecule has 0 saturated heterocycles. The van der Waals surface area contributed by atoms with Crippen LogP contribution in [0.4, 0.5) is 5.69 Å². The molecular formula is C19H14N4OS. The van der Waals surface area contributed by atoms with E-state index in [9.17, 15) is 4.79 Å². The number of pyridine rings is 2. The van der Waals surface area contributed by atoms with Crippen LogP contribution in [0.5, 0.6) is 0 Å². The Balaban J connectivity index is 1.69. The second-order valence-corrected chi connectivity index (χ2v) is 6.50. The summed E-state index contributed by atoms with van der Waals surface area (Å²) in [5, 5.41) is 3.84. The lowest BCUT2D eigenvalue weighted by molar-refractivity contribution is 0.102. The van der Waals surface area contributed by atoms with Gasteiger partial charge >= 0.3 is 0 Å².